The summed E-state index contributed by atoms with van der Waals surface area (Å²) < 4.78 is 0. The number of benzene rings is 1. The van der Waals surface area contributed by atoms with E-state index in [1.54, 1.807) is 0 Å². The van der Waals surface area contributed by atoms with Crippen LogP contribution in [0.2, 0.25) is 0 Å². The first-order chi connectivity index (χ1) is 6.54. The van der Waals surface area contributed by atoms with Gasteiger partial charge in [0.05, 0.1) is 0 Å². The van der Waals surface area contributed by atoms with E-state index >= 15 is 0 Å². The van der Waals surface area contributed by atoms with Crippen LogP contribution in [-0.4, -0.2) is 0 Å². The van der Waals surface area contributed by atoms with Gasteiger partial charge in [0.1, 0.15) is 0 Å². The molecule has 1 aromatic carbocycles. The molecule has 0 aliphatic heterocycles. The molecule has 0 amide bonds. The van der Waals surface area contributed by atoms with Crippen LogP contribution in [0.15, 0.2) is 24.4 Å². The van der Waals surface area contributed by atoms with Crippen molar-refractivity contribution >= 4 is 5.69 Å². The molecule has 0 saturated heterocycles. The zero-order valence-corrected chi connectivity index (χ0v) is 9.57. The van der Waals surface area contributed by atoms with Crippen LogP contribution in [0.1, 0.15) is 30.5 Å². The Morgan fingerprint density at radius 2 is 1.93 bits per heavy atom. The largest absolute Gasteiger partial charge is 0.359 e. The summed E-state index contributed by atoms with van der Waals surface area (Å²) in [5.74, 6) is 0. The highest BCUT2D eigenvalue weighted by Crippen LogP contribution is 2.21. The molecular formula is C13H19N. The molecule has 0 aliphatic rings. The van der Waals surface area contributed by atoms with Crippen LogP contribution in [0.3, 0.4) is 0 Å². The van der Waals surface area contributed by atoms with Gasteiger partial charge in [0.2, 0.25) is 0 Å². The fraction of sp³-hybridized carbons (Fsp3) is 0.385. The van der Waals surface area contributed by atoms with Gasteiger partial charge < -0.3 is 5.32 Å². The summed E-state index contributed by atoms with van der Waals surface area (Å²) in [7, 11) is 0. The highest BCUT2D eigenvalue weighted by atomic mass is 14.9. The Kier molecular flexibility index (Phi) is 3.34. The van der Waals surface area contributed by atoms with Crippen molar-refractivity contribution in [3.05, 3.63) is 41.1 Å². The first-order valence-corrected chi connectivity index (χ1v) is 5.07. The average molecular weight is 189 g/mol. The Balaban J connectivity index is 3.08. The van der Waals surface area contributed by atoms with Crippen molar-refractivity contribution in [1.82, 2.24) is 0 Å². The van der Waals surface area contributed by atoms with Crippen LogP contribution in [0, 0.1) is 13.8 Å². The zero-order valence-electron chi connectivity index (χ0n) is 9.57. The molecule has 0 heterocycles. The van der Waals surface area contributed by atoms with E-state index in [1.165, 1.54) is 22.4 Å². The van der Waals surface area contributed by atoms with E-state index in [0.717, 1.165) is 12.1 Å². The highest BCUT2D eigenvalue weighted by molar-refractivity contribution is 5.57. The van der Waals surface area contributed by atoms with Crippen molar-refractivity contribution in [2.45, 2.75) is 34.1 Å². The van der Waals surface area contributed by atoms with Crippen molar-refractivity contribution in [2.24, 2.45) is 0 Å². The molecule has 1 aromatic rings. The normalized spacial score (nSPS) is 10.0. The molecule has 1 N–H and O–H groups in total. The van der Waals surface area contributed by atoms with Gasteiger partial charge in [-0.15, -0.1) is 0 Å². The number of rotatable bonds is 3. The minimum Gasteiger partial charge on any atom is -0.359 e. The first-order valence-electron chi connectivity index (χ1n) is 5.07. The van der Waals surface area contributed by atoms with Gasteiger partial charge in [-0.25, -0.2) is 0 Å². The topological polar surface area (TPSA) is 12.0 Å². The molecule has 1 rings (SSSR count). The molecule has 0 radical (unpaired) electrons. The van der Waals surface area contributed by atoms with Crippen LogP contribution in [0.25, 0.3) is 0 Å². The number of hydrogen-bond acceptors (Lipinski definition) is 1. The summed E-state index contributed by atoms with van der Waals surface area (Å²) in [6.07, 6.45) is 1.10. The molecule has 14 heavy (non-hydrogen) atoms. The van der Waals surface area contributed by atoms with Crippen molar-refractivity contribution in [1.29, 1.82) is 0 Å². The number of anilines is 1. The predicted molar refractivity (Wildman–Crippen MR) is 63.7 cm³/mol. The van der Waals surface area contributed by atoms with Gasteiger partial charge in [-0.05, 0) is 49.9 Å². The lowest BCUT2D eigenvalue weighted by Crippen LogP contribution is -1.98. The molecule has 0 spiro atoms. The molecule has 76 valence electrons. The molecule has 0 unspecified atom stereocenters. The van der Waals surface area contributed by atoms with Crippen LogP contribution in [-0.2, 0) is 6.42 Å². The maximum absolute atomic E-state index is 3.85. The summed E-state index contributed by atoms with van der Waals surface area (Å²) >= 11 is 0. The molecule has 0 aliphatic carbocycles. The maximum Gasteiger partial charge on any atom is 0.0414 e. The van der Waals surface area contributed by atoms with E-state index in [4.69, 9.17) is 0 Å². The van der Waals surface area contributed by atoms with Crippen molar-refractivity contribution in [2.75, 3.05) is 5.32 Å². The zero-order chi connectivity index (χ0) is 10.7. The SMILES string of the molecule is C=C(C)Nc1cc(C)c(CC)cc1C. The Morgan fingerprint density at radius 1 is 1.29 bits per heavy atom. The smallest absolute Gasteiger partial charge is 0.0414 e. The Morgan fingerprint density at radius 3 is 2.43 bits per heavy atom. The Bertz CT molecular complexity index is 350. The van der Waals surface area contributed by atoms with E-state index in [2.05, 4.69) is 44.8 Å². The summed E-state index contributed by atoms with van der Waals surface area (Å²) in [6.45, 7) is 12.3. The summed E-state index contributed by atoms with van der Waals surface area (Å²) in [5.41, 5.74) is 6.22. The van der Waals surface area contributed by atoms with E-state index < -0.39 is 0 Å². The van der Waals surface area contributed by atoms with Crippen LogP contribution >= 0.6 is 0 Å². The van der Waals surface area contributed by atoms with Crippen molar-refractivity contribution in [3.8, 4) is 0 Å². The fourth-order valence-electron chi connectivity index (χ4n) is 1.62. The van der Waals surface area contributed by atoms with Crippen LogP contribution in [0.4, 0.5) is 5.69 Å². The monoisotopic (exact) mass is 189 g/mol. The number of hydrogen-bond donors (Lipinski definition) is 1. The van der Waals surface area contributed by atoms with Gasteiger partial charge >= 0.3 is 0 Å². The van der Waals surface area contributed by atoms with E-state index in [9.17, 15) is 0 Å². The third kappa shape index (κ3) is 2.38. The lowest BCUT2D eigenvalue weighted by molar-refractivity contribution is 1.10. The average Bonchev–Trinajstić information content (AvgIpc) is 2.10. The molecular weight excluding hydrogens is 170 g/mol. The quantitative estimate of drug-likeness (QED) is 0.762. The van der Waals surface area contributed by atoms with Gasteiger partial charge in [0.15, 0.2) is 0 Å². The van der Waals surface area contributed by atoms with Crippen molar-refractivity contribution < 1.29 is 0 Å². The van der Waals surface area contributed by atoms with Gasteiger partial charge in [0, 0.05) is 11.4 Å². The van der Waals surface area contributed by atoms with Gasteiger partial charge in [0.25, 0.3) is 0 Å². The van der Waals surface area contributed by atoms with Crippen LogP contribution in [0.5, 0.6) is 0 Å². The van der Waals surface area contributed by atoms with E-state index in [-0.39, 0.29) is 0 Å². The number of allylic oxidation sites excluding steroid dienone is 1. The fourth-order valence-corrected chi connectivity index (χ4v) is 1.62. The first kappa shape index (κ1) is 10.8. The standard InChI is InChI=1S/C13H19N/c1-6-12-7-11(5)13(8-10(12)4)14-9(2)3/h7-8,14H,2,6H2,1,3-5H3. The Hall–Kier alpha value is -1.24. The number of nitrogens with one attached hydrogen (secondary N) is 1. The number of aryl methyl sites for hydroxylation is 3. The molecule has 0 bridgehead atoms. The predicted octanol–water partition coefficient (Wildman–Crippen LogP) is 3.81. The second-order valence-corrected chi connectivity index (χ2v) is 3.85. The minimum atomic E-state index is 0.983. The third-order valence-electron chi connectivity index (χ3n) is 2.41. The van der Waals surface area contributed by atoms with Gasteiger partial charge in [-0.2, -0.15) is 0 Å². The molecule has 0 atom stereocenters. The van der Waals surface area contributed by atoms with E-state index in [0.29, 0.717) is 0 Å². The second-order valence-electron chi connectivity index (χ2n) is 3.85. The molecule has 1 nitrogen and oxygen atoms in total. The Labute approximate surface area is 86.8 Å². The molecule has 0 fully saturated rings. The lowest BCUT2D eigenvalue weighted by Gasteiger charge is -2.12. The lowest BCUT2D eigenvalue weighted by atomic mass is 10.0. The second kappa shape index (κ2) is 4.32. The van der Waals surface area contributed by atoms with Gasteiger partial charge in [-0.3, -0.25) is 0 Å². The van der Waals surface area contributed by atoms with Crippen molar-refractivity contribution in [3.63, 3.8) is 0 Å². The molecule has 0 aromatic heterocycles. The minimum absolute atomic E-state index is 0.983. The summed E-state index contributed by atoms with van der Waals surface area (Å²) in [4.78, 5) is 0. The van der Waals surface area contributed by atoms with Gasteiger partial charge in [-0.1, -0.05) is 19.6 Å². The van der Waals surface area contributed by atoms with Crippen LogP contribution < -0.4 is 5.32 Å². The van der Waals surface area contributed by atoms with E-state index in [1.807, 2.05) is 6.92 Å². The molecule has 1 heteroatoms. The molecule has 0 saturated carbocycles. The third-order valence-corrected chi connectivity index (χ3v) is 2.41. The summed E-state index contributed by atoms with van der Waals surface area (Å²) in [5, 5.41) is 3.27. The summed E-state index contributed by atoms with van der Waals surface area (Å²) in [6, 6.07) is 4.45. The highest BCUT2D eigenvalue weighted by Gasteiger charge is 2.02. The maximum atomic E-state index is 3.85.